The van der Waals surface area contributed by atoms with E-state index in [9.17, 15) is 0 Å². The van der Waals surface area contributed by atoms with Crippen LogP contribution in [0.2, 0.25) is 0 Å². The van der Waals surface area contributed by atoms with Gasteiger partial charge in [0.05, 0.1) is 5.69 Å². The van der Waals surface area contributed by atoms with Crippen molar-refractivity contribution in [3.05, 3.63) is 144 Å². The maximum absolute atomic E-state index is 5.07. The molecule has 3 nitrogen and oxygen atoms in total. The highest BCUT2D eigenvalue weighted by Gasteiger charge is 2.37. The molecule has 0 saturated heterocycles. The molecular weight excluding hydrogens is 476 g/mol. The predicted molar refractivity (Wildman–Crippen MR) is 156 cm³/mol. The van der Waals surface area contributed by atoms with Crippen LogP contribution in [0.5, 0.6) is 0 Å². The fraction of sp³-hybridized carbons (Fsp3) is 0.129. The first kappa shape index (κ1) is 24.6. The zero-order valence-electron chi connectivity index (χ0n) is 20.9. The van der Waals surface area contributed by atoms with Gasteiger partial charge in [-0.05, 0) is 43.0 Å². The van der Waals surface area contributed by atoms with E-state index in [1.807, 2.05) is 0 Å². The predicted octanol–water partition coefficient (Wildman–Crippen LogP) is 7.10. The van der Waals surface area contributed by atoms with E-state index in [4.69, 9.17) is 5.10 Å². The highest BCUT2D eigenvalue weighted by molar-refractivity contribution is 7.81. The van der Waals surface area contributed by atoms with Gasteiger partial charge in [0.2, 0.25) is 0 Å². The van der Waals surface area contributed by atoms with Crippen LogP contribution in [0, 0.1) is 13.8 Å². The molecule has 0 aliphatic rings. The average molecular weight is 508 g/mol. The Morgan fingerprint density at radius 1 is 0.639 bits per heavy atom. The van der Waals surface area contributed by atoms with Gasteiger partial charge >= 0.3 is 0 Å². The third kappa shape index (κ3) is 5.20. The first-order chi connectivity index (χ1) is 17.6. The van der Waals surface area contributed by atoms with Crippen molar-refractivity contribution in [1.82, 2.24) is 14.0 Å². The van der Waals surface area contributed by atoms with Gasteiger partial charge in [0.1, 0.15) is 8.22 Å². The largest absolute Gasteiger partial charge is 0.229 e. The summed E-state index contributed by atoms with van der Waals surface area (Å²) in [6.07, 6.45) is 0. The number of nitrogens with zero attached hydrogens (tertiary/aromatic N) is 3. The Balaban J connectivity index is 1.80. The Labute approximate surface area is 217 Å². The average Bonchev–Trinajstić information content (AvgIpc) is 3.27. The van der Waals surface area contributed by atoms with E-state index < -0.39 is 16.3 Å². The number of rotatable bonds is 8. The van der Waals surface area contributed by atoms with Crippen molar-refractivity contribution in [3.8, 4) is 0 Å². The van der Waals surface area contributed by atoms with Gasteiger partial charge in [-0.3, -0.25) is 0 Å². The molecule has 0 bridgehead atoms. The number of hydrogen-bond donors (Lipinski definition) is 0. The second kappa shape index (κ2) is 11.3. The molecular formula is C31H31N3P2. The van der Waals surface area contributed by atoms with E-state index in [1.165, 1.54) is 27.2 Å². The lowest BCUT2D eigenvalue weighted by Crippen LogP contribution is -2.32. The zero-order valence-corrected chi connectivity index (χ0v) is 22.7. The van der Waals surface area contributed by atoms with Crippen LogP contribution >= 0.6 is 16.3 Å². The number of aromatic nitrogens is 2. The molecule has 0 aliphatic heterocycles. The molecule has 4 aromatic carbocycles. The van der Waals surface area contributed by atoms with Crippen molar-refractivity contribution >= 4 is 32.2 Å². The summed E-state index contributed by atoms with van der Waals surface area (Å²) >= 11 is 0. The number of hydrogen-bond acceptors (Lipinski definition) is 2. The van der Waals surface area contributed by atoms with Crippen LogP contribution in [-0.4, -0.2) is 14.0 Å². The molecule has 180 valence electrons. The number of aryl methyl sites for hydroxylation is 2. The number of benzene rings is 4. The molecule has 0 saturated carbocycles. The SMILES string of the molecule is Cc1cc(C)n(P(c2ccccc2)N([C@@H](C)c2ccccc2)P(c2ccccc2)c2ccccc2)n1. The standard InChI is InChI=1S/C31H31N3P2/c1-25-24-26(2)33(32-25)36(31-22-14-7-15-23-31)34(27(3)28-16-8-4-9-17-28)35(29-18-10-5-11-19-29)30-20-12-6-13-21-30/h4-24,27H,1-3H3/t27-,36?/m0/s1. The van der Waals surface area contributed by atoms with E-state index in [0.717, 1.165) is 5.69 Å². The molecule has 5 heteroatoms. The van der Waals surface area contributed by atoms with Gasteiger partial charge in [-0.1, -0.05) is 121 Å². The van der Waals surface area contributed by atoms with Crippen molar-refractivity contribution in [2.45, 2.75) is 26.8 Å². The maximum atomic E-state index is 5.07. The normalized spacial score (nSPS) is 13.1. The lowest BCUT2D eigenvalue weighted by Gasteiger charge is -2.42. The minimum atomic E-state index is -0.996. The smallest absolute Gasteiger partial charge is 0.128 e. The first-order valence-electron chi connectivity index (χ1n) is 12.3. The molecule has 0 aliphatic carbocycles. The van der Waals surface area contributed by atoms with Crippen LogP contribution in [0.25, 0.3) is 0 Å². The summed E-state index contributed by atoms with van der Waals surface area (Å²) in [5.74, 6) is 0. The second-order valence-electron chi connectivity index (χ2n) is 8.83. The molecule has 1 heterocycles. The highest BCUT2D eigenvalue weighted by Crippen LogP contribution is 2.60. The van der Waals surface area contributed by atoms with Crippen molar-refractivity contribution < 1.29 is 0 Å². The van der Waals surface area contributed by atoms with E-state index in [2.05, 4.69) is 157 Å². The first-order valence-corrected chi connectivity index (χ1v) is 14.8. The quantitative estimate of drug-likeness (QED) is 0.209. The molecule has 0 spiro atoms. The molecule has 36 heavy (non-hydrogen) atoms. The van der Waals surface area contributed by atoms with E-state index in [-0.39, 0.29) is 6.04 Å². The van der Waals surface area contributed by atoms with Gasteiger partial charge < -0.3 is 0 Å². The lowest BCUT2D eigenvalue weighted by atomic mass is 10.1. The summed E-state index contributed by atoms with van der Waals surface area (Å²) < 4.78 is 5.03. The summed E-state index contributed by atoms with van der Waals surface area (Å²) in [7, 11) is -1.86. The third-order valence-electron chi connectivity index (χ3n) is 6.18. The Morgan fingerprint density at radius 2 is 1.08 bits per heavy atom. The van der Waals surface area contributed by atoms with Crippen molar-refractivity contribution in [1.29, 1.82) is 0 Å². The fourth-order valence-electron chi connectivity index (χ4n) is 4.50. The highest BCUT2D eigenvalue weighted by atomic mass is 31.2. The van der Waals surface area contributed by atoms with Crippen LogP contribution in [0.3, 0.4) is 0 Å². The monoisotopic (exact) mass is 507 g/mol. The van der Waals surface area contributed by atoms with Gasteiger partial charge in [-0.15, -0.1) is 0 Å². The van der Waals surface area contributed by atoms with Gasteiger partial charge in [-0.2, -0.15) is 5.10 Å². The minimum Gasteiger partial charge on any atom is -0.229 e. The van der Waals surface area contributed by atoms with Crippen LogP contribution in [-0.2, 0) is 0 Å². The van der Waals surface area contributed by atoms with Gasteiger partial charge in [0.15, 0.2) is 0 Å². The molecule has 1 aromatic heterocycles. The maximum Gasteiger partial charge on any atom is 0.128 e. The van der Waals surface area contributed by atoms with Crippen molar-refractivity contribution in [2.75, 3.05) is 0 Å². The van der Waals surface area contributed by atoms with E-state index in [1.54, 1.807) is 0 Å². The Morgan fingerprint density at radius 3 is 1.53 bits per heavy atom. The van der Waals surface area contributed by atoms with Crippen molar-refractivity contribution in [2.24, 2.45) is 0 Å². The molecule has 0 N–H and O–H groups in total. The van der Waals surface area contributed by atoms with Crippen LogP contribution in [0.4, 0.5) is 0 Å². The molecule has 1 unspecified atom stereocenters. The third-order valence-corrected chi connectivity index (χ3v) is 11.8. The summed E-state index contributed by atoms with van der Waals surface area (Å²) in [4.78, 5) is 0. The summed E-state index contributed by atoms with van der Waals surface area (Å²) in [6, 6.07) is 46.1. The Bertz CT molecular complexity index is 1330. The van der Waals surface area contributed by atoms with Crippen LogP contribution < -0.4 is 15.9 Å². The molecule has 5 rings (SSSR count). The van der Waals surface area contributed by atoms with Gasteiger partial charge in [0.25, 0.3) is 0 Å². The molecule has 0 fully saturated rings. The van der Waals surface area contributed by atoms with E-state index >= 15 is 0 Å². The summed E-state index contributed by atoms with van der Waals surface area (Å²) in [5, 5.41) is 9.04. The molecule has 2 atom stereocenters. The van der Waals surface area contributed by atoms with Crippen LogP contribution in [0.15, 0.2) is 127 Å². The second-order valence-corrected chi connectivity index (χ2v) is 13.1. The van der Waals surface area contributed by atoms with Crippen LogP contribution in [0.1, 0.15) is 29.9 Å². The lowest BCUT2D eigenvalue weighted by molar-refractivity contribution is 0.554. The molecule has 0 amide bonds. The molecule has 5 aromatic rings. The Hall–Kier alpha value is -3.09. The fourth-order valence-corrected chi connectivity index (χ4v) is 10.6. The zero-order chi connectivity index (χ0) is 24.9. The minimum absolute atomic E-state index is 0.160. The van der Waals surface area contributed by atoms with Gasteiger partial charge in [-0.25, -0.2) is 8.89 Å². The Kier molecular flexibility index (Phi) is 7.73. The van der Waals surface area contributed by atoms with E-state index in [0.29, 0.717) is 0 Å². The molecule has 0 radical (unpaired) electrons. The van der Waals surface area contributed by atoms with Gasteiger partial charge in [0, 0.05) is 25.1 Å². The summed E-state index contributed by atoms with van der Waals surface area (Å²) in [5.41, 5.74) is 3.54. The summed E-state index contributed by atoms with van der Waals surface area (Å²) in [6.45, 7) is 6.61. The topological polar surface area (TPSA) is 21.1 Å². The van der Waals surface area contributed by atoms with Crippen molar-refractivity contribution in [3.63, 3.8) is 0 Å².